The van der Waals surface area contributed by atoms with Gasteiger partial charge < -0.3 is 5.32 Å². The maximum Gasteiger partial charge on any atom is 0.151 e. The lowest BCUT2D eigenvalue weighted by Gasteiger charge is -2.10. The summed E-state index contributed by atoms with van der Waals surface area (Å²) >= 11 is 1.68. The molecule has 17 heavy (non-hydrogen) atoms. The van der Waals surface area contributed by atoms with Crippen LogP contribution in [0.25, 0.3) is 0 Å². The number of aryl methyl sites for hydroxylation is 1. The van der Waals surface area contributed by atoms with Gasteiger partial charge in [-0.2, -0.15) is 0 Å². The summed E-state index contributed by atoms with van der Waals surface area (Å²) in [5, 5.41) is 4.22. The fraction of sp³-hybridized carbons (Fsp3) is 0.727. The van der Waals surface area contributed by atoms with Crippen molar-refractivity contribution in [1.29, 1.82) is 0 Å². The topological polar surface area (TPSA) is 59.1 Å². The van der Waals surface area contributed by atoms with E-state index in [4.69, 9.17) is 0 Å². The van der Waals surface area contributed by atoms with Gasteiger partial charge in [0.05, 0.1) is 11.8 Å². The SMILES string of the molecule is CCc1cnc(C(C)NCCS(=O)(=O)CC)s1. The molecule has 0 aliphatic heterocycles. The summed E-state index contributed by atoms with van der Waals surface area (Å²) in [6.45, 7) is 6.27. The van der Waals surface area contributed by atoms with E-state index in [0.29, 0.717) is 6.54 Å². The van der Waals surface area contributed by atoms with Crippen molar-refractivity contribution in [3.05, 3.63) is 16.1 Å². The van der Waals surface area contributed by atoms with Gasteiger partial charge in [-0.1, -0.05) is 13.8 Å². The maximum absolute atomic E-state index is 11.3. The van der Waals surface area contributed by atoms with Crippen LogP contribution in [0.5, 0.6) is 0 Å². The zero-order chi connectivity index (χ0) is 12.9. The van der Waals surface area contributed by atoms with Crippen molar-refractivity contribution in [2.75, 3.05) is 18.1 Å². The van der Waals surface area contributed by atoms with E-state index in [1.807, 2.05) is 13.1 Å². The number of rotatable bonds is 7. The second kappa shape index (κ2) is 6.47. The Morgan fingerprint density at radius 1 is 1.47 bits per heavy atom. The molecule has 0 aliphatic rings. The number of hydrogen-bond donors (Lipinski definition) is 1. The Hall–Kier alpha value is -0.460. The van der Waals surface area contributed by atoms with Crippen molar-refractivity contribution in [3.8, 4) is 0 Å². The number of hydrogen-bond acceptors (Lipinski definition) is 5. The quantitative estimate of drug-likeness (QED) is 0.825. The highest BCUT2D eigenvalue weighted by atomic mass is 32.2. The molecular formula is C11H20N2O2S2. The molecule has 1 aromatic rings. The van der Waals surface area contributed by atoms with Gasteiger partial charge in [0.1, 0.15) is 5.01 Å². The lowest BCUT2D eigenvalue weighted by atomic mass is 10.3. The Balaban J connectivity index is 2.42. The van der Waals surface area contributed by atoms with Crippen molar-refractivity contribution in [2.24, 2.45) is 0 Å². The van der Waals surface area contributed by atoms with E-state index in [-0.39, 0.29) is 17.5 Å². The van der Waals surface area contributed by atoms with Gasteiger partial charge in [-0.3, -0.25) is 0 Å². The second-order valence-electron chi connectivity index (χ2n) is 3.93. The summed E-state index contributed by atoms with van der Waals surface area (Å²) in [4.78, 5) is 5.59. The standard InChI is InChI=1S/C11H20N2O2S2/c1-4-10-8-13-11(16-10)9(3)12-6-7-17(14,15)5-2/h8-9,12H,4-7H2,1-3H3. The van der Waals surface area contributed by atoms with Crippen LogP contribution in [0.2, 0.25) is 0 Å². The summed E-state index contributed by atoms with van der Waals surface area (Å²) in [6, 6.07) is 0.118. The van der Waals surface area contributed by atoms with Crippen LogP contribution in [-0.2, 0) is 16.3 Å². The Bertz CT molecular complexity index is 440. The molecule has 1 aromatic heterocycles. The molecular weight excluding hydrogens is 256 g/mol. The van der Waals surface area contributed by atoms with Crippen LogP contribution in [0, 0.1) is 0 Å². The van der Waals surface area contributed by atoms with Crippen molar-refractivity contribution < 1.29 is 8.42 Å². The molecule has 1 atom stereocenters. The fourth-order valence-corrected chi connectivity index (χ4v) is 2.95. The Labute approximate surface area is 107 Å². The summed E-state index contributed by atoms with van der Waals surface area (Å²) in [7, 11) is -2.88. The third-order valence-corrected chi connectivity index (χ3v) is 5.62. The van der Waals surface area contributed by atoms with E-state index in [1.54, 1.807) is 18.3 Å². The van der Waals surface area contributed by atoms with E-state index in [2.05, 4.69) is 17.2 Å². The van der Waals surface area contributed by atoms with Gasteiger partial charge >= 0.3 is 0 Å². The first-order valence-electron chi connectivity index (χ1n) is 5.87. The third-order valence-electron chi connectivity index (χ3n) is 2.59. The van der Waals surface area contributed by atoms with Crippen LogP contribution >= 0.6 is 11.3 Å². The average molecular weight is 276 g/mol. The molecule has 0 amide bonds. The fourth-order valence-electron chi connectivity index (χ4n) is 1.35. The number of thiazole rings is 1. The molecule has 4 nitrogen and oxygen atoms in total. The largest absolute Gasteiger partial charge is 0.307 e. The zero-order valence-corrected chi connectivity index (χ0v) is 12.2. The predicted octanol–water partition coefficient (Wildman–Crippen LogP) is 1.79. The van der Waals surface area contributed by atoms with Gasteiger partial charge in [0.25, 0.3) is 0 Å². The average Bonchev–Trinajstić information content (AvgIpc) is 2.77. The molecule has 1 unspecified atom stereocenters. The molecule has 0 saturated carbocycles. The predicted molar refractivity (Wildman–Crippen MR) is 72.2 cm³/mol. The third kappa shape index (κ3) is 4.73. The molecule has 6 heteroatoms. The first-order chi connectivity index (χ1) is 7.98. The second-order valence-corrected chi connectivity index (χ2v) is 7.55. The van der Waals surface area contributed by atoms with Gasteiger partial charge in [-0.15, -0.1) is 11.3 Å². The number of nitrogens with zero attached hydrogens (tertiary/aromatic N) is 1. The summed E-state index contributed by atoms with van der Waals surface area (Å²) in [5.74, 6) is 0.403. The Morgan fingerprint density at radius 3 is 2.71 bits per heavy atom. The lowest BCUT2D eigenvalue weighted by molar-refractivity contribution is 0.571. The summed E-state index contributed by atoms with van der Waals surface area (Å²) < 4.78 is 22.6. The molecule has 0 fully saturated rings. The van der Waals surface area contributed by atoms with Gasteiger partial charge in [0, 0.05) is 23.4 Å². The van der Waals surface area contributed by atoms with Crippen LogP contribution < -0.4 is 5.32 Å². The minimum Gasteiger partial charge on any atom is -0.307 e. The van der Waals surface area contributed by atoms with Crippen LogP contribution in [0.15, 0.2) is 6.20 Å². The van der Waals surface area contributed by atoms with Crippen LogP contribution in [0.4, 0.5) is 0 Å². The van der Waals surface area contributed by atoms with E-state index in [9.17, 15) is 8.42 Å². The van der Waals surface area contributed by atoms with Gasteiger partial charge in [-0.25, -0.2) is 13.4 Å². The van der Waals surface area contributed by atoms with Crippen LogP contribution in [0.1, 0.15) is 36.7 Å². The highest BCUT2D eigenvalue weighted by Gasteiger charge is 2.11. The molecule has 98 valence electrons. The van der Waals surface area contributed by atoms with Crippen LogP contribution in [-0.4, -0.2) is 31.5 Å². The Kier molecular flexibility index (Phi) is 5.55. The molecule has 0 radical (unpaired) electrons. The first kappa shape index (κ1) is 14.6. The van der Waals surface area contributed by atoms with Crippen LogP contribution in [0.3, 0.4) is 0 Å². The molecule has 1 heterocycles. The van der Waals surface area contributed by atoms with E-state index in [1.165, 1.54) is 4.88 Å². The Morgan fingerprint density at radius 2 is 2.18 bits per heavy atom. The lowest BCUT2D eigenvalue weighted by Crippen LogP contribution is -2.26. The van der Waals surface area contributed by atoms with Gasteiger partial charge in [0.2, 0.25) is 0 Å². The molecule has 0 saturated heterocycles. The molecule has 0 aliphatic carbocycles. The molecule has 0 bridgehead atoms. The highest BCUT2D eigenvalue weighted by Crippen LogP contribution is 2.19. The molecule has 0 aromatic carbocycles. The van der Waals surface area contributed by atoms with E-state index in [0.717, 1.165) is 11.4 Å². The minimum absolute atomic E-state index is 0.118. The summed E-state index contributed by atoms with van der Waals surface area (Å²) in [5.41, 5.74) is 0. The summed E-state index contributed by atoms with van der Waals surface area (Å²) in [6.07, 6.45) is 2.88. The number of nitrogens with one attached hydrogen (secondary N) is 1. The monoisotopic (exact) mass is 276 g/mol. The maximum atomic E-state index is 11.3. The highest BCUT2D eigenvalue weighted by molar-refractivity contribution is 7.91. The van der Waals surface area contributed by atoms with Crippen molar-refractivity contribution >= 4 is 21.2 Å². The van der Waals surface area contributed by atoms with Crippen molar-refractivity contribution in [2.45, 2.75) is 33.2 Å². The first-order valence-corrected chi connectivity index (χ1v) is 8.50. The molecule has 1 rings (SSSR count). The normalized spacial score (nSPS) is 13.8. The smallest absolute Gasteiger partial charge is 0.151 e. The van der Waals surface area contributed by atoms with Gasteiger partial charge in [-0.05, 0) is 13.3 Å². The van der Waals surface area contributed by atoms with E-state index >= 15 is 0 Å². The number of aromatic nitrogens is 1. The number of sulfone groups is 1. The molecule has 0 spiro atoms. The zero-order valence-electron chi connectivity index (χ0n) is 10.6. The van der Waals surface area contributed by atoms with Gasteiger partial charge in [0.15, 0.2) is 9.84 Å². The van der Waals surface area contributed by atoms with Crippen molar-refractivity contribution in [3.63, 3.8) is 0 Å². The van der Waals surface area contributed by atoms with E-state index < -0.39 is 9.84 Å². The van der Waals surface area contributed by atoms with Crippen molar-refractivity contribution in [1.82, 2.24) is 10.3 Å². The molecule has 1 N–H and O–H groups in total. The minimum atomic E-state index is -2.88.